The number of pyridine rings is 1. The van der Waals surface area contributed by atoms with Crippen molar-refractivity contribution in [2.24, 2.45) is 0 Å². The Balaban J connectivity index is 0.990. The first kappa shape index (κ1) is 34.4. The molecule has 4 heterocycles. The zero-order valence-electron chi connectivity index (χ0n) is 32.3. The molecular weight excluding hydrogens is 719 g/mol. The SMILES string of the molecule is C1=C(c2ccc(N(c3ccc(-c4cn5ccccc5n4)cc3)c3ccc(-c4cc5ccccc5n4-c4ccccc4)cc3)cc2)N(c2ccccc2)c2ccccc2C1. The van der Waals surface area contributed by atoms with Crippen molar-refractivity contribution in [1.82, 2.24) is 14.0 Å². The molecule has 5 nitrogen and oxygen atoms in total. The number of allylic oxidation sites excluding steroid dienone is 1. The third kappa shape index (κ3) is 6.26. The zero-order valence-corrected chi connectivity index (χ0v) is 32.3. The Kier molecular flexibility index (Phi) is 8.48. The van der Waals surface area contributed by atoms with Crippen LogP contribution in [-0.2, 0) is 6.42 Å². The molecule has 0 saturated heterocycles. The predicted octanol–water partition coefficient (Wildman–Crippen LogP) is 13.8. The molecule has 0 spiro atoms. The summed E-state index contributed by atoms with van der Waals surface area (Å²) >= 11 is 0. The largest absolute Gasteiger partial charge is 0.311 e. The number of anilines is 5. The Bertz CT molecular complexity index is 3070. The number of rotatable bonds is 8. The van der Waals surface area contributed by atoms with Crippen LogP contribution in [0.25, 0.3) is 50.4 Å². The molecule has 0 atom stereocenters. The van der Waals surface area contributed by atoms with Crippen LogP contribution in [0.5, 0.6) is 0 Å². The number of hydrogen-bond acceptors (Lipinski definition) is 3. The second-order valence-electron chi connectivity index (χ2n) is 14.9. The fourth-order valence-electron chi connectivity index (χ4n) is 8.52. The molecule has 0 saturated carbocycles. The van der Waals surface area contributed by atoms with E-state index in [9.17, 15) is 0 Å². The van der Waals surface area contributed by atoms with Crippen molar-refractivity contribution >= 4 is 50.7 Å². The van der Waals surface area contributed by atoms with E-state index in [1.165, 1.54) is 33.4 Å². The van der Waals surface area contributed by atoms with Crippen LogP contribution in [0.3, 0.4) is 0 Å². The molecule has 59 heavy (non-hydrogen) atoms. The lowest BCUT2D eigenvalue weighted by Crippen LogP contribution is -2.20. The van der Waals surface area contributed by atoms with Gasteiger partial charge < -0.3 is 18.8 Å². The van der Waals surface area contributed by atoms with Gasteiger partial charge in [0.05, 0.1) is 16.9 Å². The second-order valence-corrected chi connectivity index (χ2v) is 14.9. The summed E-state index contributed by atoms with van der Waals surface area (Å²) in [5.41, 5.74) is 16.8. The fourth-order valence-corrected chi connectivity index (χ4v) is 8.52. The smallest absolute Gasteiger partial charge is 0.137 e. The number of para-hydroxylation sites is 4. The van der Waals surface area contributed by atoms with Crippen LogP contribution < -0.4 is 9.80 Å². The van der Waals surface area contributed by atoms with Gasteiger partial charge in [0.1, 0.15) is 5.65 Å². The van der Waals surface area contributed by atoms with E-state index < -0.39 is 0 Å². The van der Waals surface area contributed by atoms with Gasteiger partial charge in [-0.15, -0.1) is 0 Å². The van der Waals surface area contributed by atoms with Crippen LogP contribution in [0.15, 0.2) is 225 Å². The maximum atomic E-state index is 4.89. The van der Waals surface area contributed by atoms with Gasteiger partial charge in [0.25, 0.3) is 0 Å². The summed E-state index contributed by atoms with van der Waals surface area (Å²) in [6, 6.07) is 73.7. The van der Waals surface area contributed by atoms with E-state index in [1.54, 1.807) is 0 Å². The van der Waals surface area contributed by atoms with Gasteiger partial charge in [-0.2, -0.15) is 0 Å². The van der Waals surface area contributed by atoms with Crippen molar-refractivity contribution in [3.63, 3.8) is 0 Å². The molecule has 3 aromatic heterocycles. The Morgan fingerprint density at radius 3 is 1.80 bits per heavy atom. The maximum Gasteiger partial charge on any atom is 0.137 e. The van der Waals surface area contributed by atoms with Crippen molar-refractivity contribution in [2.45, 2.75) is 6.42 Å². The average molecular weight is 758 g/mol. The van der Waals surface area contributed by atoms with Crippen LogP contribution in [0.2, 0.25) is 0 Å². The molecule has 7 aromatic carbocycles. The molecule has 0 radical (unpaired) electrons. The highest BCUT2D eigenvalue weighted by Gasteiger charge is 2.23. The summed E-state index contributed by atoms with van der Waals surface area (Å²) in [4.78, 5) is 9.62. The minimum Gasteiger partial charge on any atom is -0.311 e. The van der Waals surface area contributed by atoms with Gasteiger partial charge in [0.15, 0.2) is 0 Å². The summed E-state index contributed by atoms with van der Waals surface area (Å²) in [5, 5.41) is 1.21. The highest BCUT2D eigenvalue weighted by atomic mass is 15.2. The molecule has 0 fully saturated rings. The number of aromatic nitrogens is 3. The Morgan fingerprint density at radius 1 is 0.492 bits per heavy atom. The number of hydrogen-bond donors (Lipinski definition) is 0. The Hall–Kier alpha value is -7.89. The van der Waals surface area contributed by atoms with Crippen molar-refractivity contribution in [3.05, 3.63) is 236 Å². The lowest BCUT2D eigenvalue weighted by Gasteiger charge is -2.33. The summed E-state index contributed by atoms with van der Waals surface area (Å²) in [6.07, 6.45) is 7.37. The molecule has 5 heteroatoms. The Morgan fingerprint density at radius 2 is 1.08 bits per heavy atom. The minimum absolute atomic E-state index is 0.886. The van der Waals surface area contributed by atoms with E-state index in [2.05, 4.69) is 219 Å². The van der Waals surface area contributed by atoms with Gasteiger partial charge in [0, 0.05) is 63.2 Å². The van der Waals surface area contributed by atoms with Crippen LogP contribution in [-0.4, -0.2) is 14.0 Å². The number of fused-ring (bicyclic) bond motifs is 3. The predicted molar refractivity (Wildman–Crippen MR) is 244 cm³/mol. The molecule has 11 rings (SSSR count). The van der Waals surface area contributed by atoms with Crippen molar-refractivity contribution in [3.8, 4) is 28.2 Å². The molecule has 0 unspecified atom stereocenters. The van der Waals surface area contributed by atoms with Gasteiger partial charge >= 0.3 is 0 Å². The molecule has 0 bridgehead atoms. The van der Waals surface area contributed by atoms with Gasteiger partial charge in [-0.3, -0.25) is 0 Å². The fraction of sp³-hybridized carbons (Fsp3) is 0.0185. The molecule has 0 amide bonds. The first-order valence-electron chi connectivity index (χ1n) is 20.1. The van der Waals surface area contributed by atoms with E-state index in [4.69, 9.17) is 4.98 Å². The van der Waals surface area contributed by atoms with Crippen molar-refractivity contribution in [1.29, 1.82) is 0 Å². The minimum atomic E-state index is 0.886. The standard InChI is InChI=1S/C54H39N5/c1-3-15-44(16-4-1)58-50-19-9-7-13-40(50)28-35-52(58)41-24-31-47(32-25-41)57(46-29-22-39(23-30-46)49-38-56-36-12-11-21-54(56)55-49)48-33-26-42(27-34-48)53-37-43-14-8-10-20-51(43)59(53)45-17-5-2-6-18-45/h1-27,29-38H,28H2. The van der Waals surface area contributed by atoms with E-state index in [0.717, 1.165) is 63.0 Å². The maximum absolute atomic E-state index is 4.89. The highest BCUT2D eigenvalue weighted by Crippen LogP contribution is 2.42. The van der Waals surface area contributed by atoms with E-state index >= 15 is 0 Å². The molecular formula is C54H39N5. The molecule has 0 aliphatic carbocycles. The average Bonchev–Trinajstić information content (AvgIpc) is 3.93. The zero-order chi connectivity index (χ0) is 39.1. The van der Waals surface area contributed by atoms with Crippen molar-refractivity contribution < 1.29 is 0 Å². The third-order valence-electron chi connectivity index (χ3n) is 11.4. The van der Waals surface area contributed by atoms with E-state index in [-0.39, 0.29) is 0 Å². The first-order chi connectivity index (χ1) is 29.2. The molecule has 10 aromatic rings. The summed E-state index contributed by atoms with van der Waals surface area (Å²) < 4.78 is 4.42. The number of benzene rings is 7. The lowest BCUT2D eigenvalue weighted by atomic mass is 9.98. The normalized spacial score (nSPS) is 12.4. The topological polar surface area (TPSA) is 28.7 Å². The summed E-state index contributed by atoms with van der Waals surface area (Å²) in [6.45, 7) is 0. The van der Waals surface area contributed by atoms with Crippen LogP contribution in [0.4, 0.5) is 28.4 Å². The second kappa shape index (κ2) is 14.6. The van der Waals surface area contributed by atoms with Gasteiger partial charge in [0.2, 0.25) is 0 Å². The van der Waals surface area contributed by atoms with E-state index in [0.29, 0.717) is 0 Å². The summed E-state index contributed by atoms with van der Waals surface area (Å²) in [7, 11) is 0. The quantitative estimate of drug-likeness (QED) is 0.155. The van der Waals surface area contributed by atoms with Crippen LogP contribution >= 0.6 is 0 Å². The van der Waals surface area contributed by atoms with Crippen LogP contribution in [0.1, 0.15) is 11.1 Å². The molecule has 280 valence electrons. The van der Waals surface area contributed by atoms with Crippen LogP contribution in [0, 0.1) is 0 Å². The van der Waals surface area contributed by atoms with Gasteiger partial charge in [-0.05, 0) is 114 Å². The van der Waals surface area contributed by atoms with E-state index in [1.807, 2.05) is 24.4 Å². The summed E-state index contributed by atoms with van der Waals surface area (Å²) in [5.74, 6) is 0. The van der Waals surface area contributed by atoms with Crippen molar-refractivity contribution in [2.75, 3.05) is 9.80 Å². The number of nitrogens with zero attached hydrogens (tertiary/aromatic N) is 5. The number of imidazole rings is 1. The first-order valence-corrected chi connectivity index (χ1v) is 20.1. The van der Waals surface area contributed by atoms with Gasteiger partial charge in [-0.25, -0.2) is 4.98 Å². The molecule has 0 N–H and O–H groups in total. The monoisotopic (exact) mass is 757 g/mol. The molecule has 1 aliphatic heterocycles. The lowest BCUT2D eigenvalue weighted by molar-refractivity contribution is 1.13. The highest BCUT2D eigenvalue weighted by molar-refractivity contribution is 5.92. The molecule has 1 aliphatic rings. The Labute approximate surface area is 343 Å². The third-order valence-corrected chi connectivity index (χ3v) is 11.4. The van der Waals surface area contributed by atoms with Gasteiger partial charge in [-0.1, -0.05) is 121 Å².